The van der Waals surface area contributed by atoms with Crippen molar-refractivity contribution in [1.29, 1.82) is 0 Å². The monoisotopic (exact) mass is 426 g/mol. The molecule has 2 aromatic heterocycles. The Bertz CT molecular complexity index is 1030. The highest BCUT2D eigenvalue weighted by atomic mass is 32.1. The zero-order valence-electron chi connectivity index (χ0n) is 16.0. The van der Waals surface area contributed by atoms with E-state index in [0.29, 0.717) is 22.9 Å². The molecule has 0 radical (unpaired) electrons. The predicted octanol–water partition coefficient (Wildman–Crippen LogP) is 3.67. The second-order valence-electron chi connectivity index (χ2n) is 6.73. The highest BCUT2D eigenvalue weighted by molar-refractivity contribution is 7.13. The van der Waals surface area contributed by atoms with Gasteiger partial charge in [-0.25, -0.2) is 9.37 Å². The number of hydrogen-bond acceptors (Lipinski definition) is 6. The number of aromatic nitrogens is 2. The van der Waals surface area contributed by atoms with Crippen LogP contribution in [0.15, 0.2) is 54.2 Å². The zero-order chi connectivity index (χ0) is 20.9. The molecule has 1 N–H and O–H groups in total. The third-order valence-corrected chi connectivity index (χ3v) is 5.49. The summed E-state index contributed by atoms with van der Waals surface area (Å²) in [4.78, 5) is 35.0. The highest BCUT2D eigenvalue weighted by Gasteiger charge is 2.31. The van der Waals surface area contributed by atoms with Gasteiger partial charge in [0, 0.05) is 24.3 Å². The number of thiazole rings is 1. The Morgan fingerprint density at radius 1 is 1.23 bits per heavy atom. The lowest BCUT2D eigenvalue weighted by Crippen LogP contribution is -2.34. The average Bonchev–Trinajstić information content (AvgIpc) is 3.45. The first-order chi connectivity index (χ1) is 14.6. The lowest BCUT2D eigenvalue weighted by Gasteiger charge is -2.24. The van der Waals surface area contributed by atoms with Crippen molar-refractivity contribution >= 4 is 28.3 Å². The molecule has 0 aliphatic carbocycles. The Labute approximate surface area is 176 Å². The Balaban J connectivity index is 1.39. The van der Waals surface area contributed by atoms with Crippen molar-refractivity contribution in [3.63, 3.8) is 0 Å². The van der Waals surface area contributed by atoms with Crippen LogP contribution in [-0.2, 0) is 4.79 Å². The number of benzene rings is 1. The van der Waals surface area contributed by atoms with Gasteiger partial charge in [0.25, 0.3) is 11.8 Å². The van der Waals surface area contributed by atoms with Crippen LogP contribution in [0.3, 0.4) is 0 Å². The number of halogens is 1. The molecule has 3 aromatic rings. The van der Waals surface area contributed by atoms with Gasteiger partial charge >= 0.3 is 0 Å². The summed E-state index contributed by atoms with van der Waals surface area (Å²) in [5, 5.41) is 5.00. The van der Waals surface area contributed by atoms with E-state index in [1.165, 1.54) is 29.7 Å². The number of hydrogen-bond donors (Lipinski definition) is 1. The SMILES string of the molecule is O=C(Nc1nccs1)c1ccc([C@@H]2CCCN2C(=O)COc2ccccc2F)nc1. The number of pyridine rings is 1. The van der Waals surface area contributed by atoms with Crippen LogP contribution < -0.4 is 10.1 Å². The van der Waals surface area contributed by atoms with Crippen LogP contribution in [0.2, 0.25) is 0 Å². The summed E-state index contributed by atoms with van der Waals surface area (Å²) in [5.74, 6) is -0.971. The highest BCUT2D eigenvalue weighted by Crippen LogP contribution is 2.31. The van der Waals surface area contributed by atoms with Gasteiger partial charge in [-0.2, -0.15) is 0 Å². The molecule has 2 amide bonds. The molecule has 1 aliphatic rings. The Kier molecular flexibility index (Phi) is 5.99. The molecule has 30 heavy (non-hydrogen) atoms. The molecule has 0 saturated carbocycles. The minimum Gasteiger partial charge on any atom is -0.481 e. The van der Waals surface area contributed by atoms with E-state index < -0.39 is 5.82 Å². The standard InChI is InChI=1S/C21H19FN4O3S/c22-15-4-1-2-6-18(15)29-13-19(27)26-10-3-5-17(26)16-8-7-14(12-24-16)20(28)25-21-23-9-11-30-21/h1-2,4,6-9,11-12,17H,3,5,10,13H2,(H,23,25,28)/t17-/m0/s1. The topological polar surface area (TPSA) is 84.4 Å². The van der Waals surface area contributed by atoms with Crippen molar-refractivity contribution in [1.82, 2.24) is 14.9 Å². The Hall–Kier alpha value is -3.33. The molecule has 3 heterocycles. The normalized spacial score (nSPS) is 15.8. The molecule has 0 unspecified atom stereocenters. The van der Waals surface area contributed by atoms with Crippen LogP contribution in [-0.4, -0.2) is 39.8 Å². The summed E-state index contributed by atoms with van der Waals surface area (Å²) in [6, 6.07) is 9.23. The van der Waals surface area contributed by atoms with Crippen LogP contribution in [0.1, 0.15) is 34.9 Å². The van der Waals surface area contributed by atoms with Crippen molar-refractivity contribution in [3.05, 3.63) is 71.2 Å². The lowest BCUT2D eigenvalue weighted by atomic mass is 10.1. The summed E-state index contributed by atoms with van der Waals surface area (Å²) in [6.45, 7) is 0.337. The van der Waals surface area contributed by atoms with Crippen molar-refractivity contribution < 1.29 is 18.7 Å². The van der Waals surface area contributed by atoms with Crippen molar-refractivity contribution in [2.24, 2.45) is 0 Å². The van der Waals surface area contributed by atoms with E-state index in [1.54, 1.807) is 40.7 Å². The smallest absolute Gasteiger partial charge is 0.261 e. The molecule has 9 heteroatoms. The molecule has 0 bridgehead atoms. The maximum atomic E-state index is 13.7. The van der Waals surface area contributed by atoms with Gasteiger partial charge in [0.2, 0.25) is 0 Å². The molecule has 1 fully saturated rings. The van der Waals surface area contributed by atoms with Crippen LogP contribution in [0.5, 0.6) is 5.75 Å². The summed E-state index contributed by atoms with van der Waals surface area (Å²) in [6.07, 6.45) is 4.71. The first-order valence-corrected chi connectivity index (χ1v) is 10.3. The van der Waals surface area contributed by atoms with E-state index in [1.807, 2.05) is 0 Å². The van der Waals surface area contributed by atoms with E-state index in [4.69, 9.17) is 4.74 Å². The van der Waals surface area contributed by atoms with E-state index in [-0.39, 0.29) is 30.2 Å². The number of anilines is 1. The summed E-state index contributed by atoms with van der Waals surface area (Å²) in [5.41, 5.74) is 1.12. The van der Waals surface area contributed by atoms with Gasteiger partial charge in [-0.1, -0.05) is 12.1 Å². The number of para-hydroxylation sites is 1. The number of rotatable bonds is 6. The molecule has 1 aliphatic heterocycles. The third kappa shape index (κ3) is 4.46. The minimum absolute atomic E-state index is 0.0512. The molecule has 1 atom stereocenters. The summed E-state index contributed by atoms with van der Waals surface area (Å²) >= 11 is 1.33. The second-order valence-corrected chi connectivity index (χ2v) is 7.62. The van der Waals surface area contributed by atoms with E-state index >= 15 is 0 Å². The Morgan fingerprint density at radius 3 is 2.83 bits per heavy atom. The maximum absolute atomic E-state index is 13.7. The van der Waals surface area contributed by atoms with Gasteiger partial charge in [-0.15, -0.1) is 11.3 Å². The number of nitrogens with zero attached hydrogens (tertiary/aromatic N) is 3. The summed E-state index contributed by atoms with van der Waals surface area (Å²) in [7, 11) is 0. The minimum atomic E-state index is -0.503. The molecule has 0 spiro atoms. The van der Waals surface area contributed by atoms with E-state index in [9.17, 15) is 14.0 Å². The van der Waals surface area contributed by atoms with Gasteiger partial charge in [0.15, 0.2) is 23.3 Å². The fourth-order valence-electron chi connectivity index (χ4n) is 3.35. The van der Waals surface area contributed by atoms with E-state index in [0.717, 1.165) is 12.8 Å². The molecule has 1 saturated heterocycles. The van der Waals surface area contributed by atoms with Crippen LogP contribution in [0.25, 0.3) is 0 Å². The molecule has 154 valence electrons. The van der Waals surface area contributed by atoms with Gasteiger partial charge in [-0.05, 0) is 37.1 Å². The largest absolute Gasteiger partial charge is 0.481 e. The second kappa shape index (κ2) is 9.00. The number of amides is 2. The van der Waals surface area contributed by atoms with Gasteiger partial charge < -0.3 is 9.64 Å². The number of likely N-dealkylation sites (tertiary alicyclic amines) is 1. The number of nitrogens with one attached hydrogen (secondary N) is 1. The van der Waals surface area contributed by atoms with Crippen LogP contribution >= 0.6 is 11.3 Å². The van der Waals surface area contributed by atoms with Crippen molar-refractivity contribution in [2.75, 3.05) is 18.5 Å². The predicted molar refractivity (Wildman–Crippen MR) is 110 cm³/mol. The summed E-state index contributed by atoms with van der Waals surface area (Å²) < 4.78 is 19.0. The third-order valence-electron chi connectivity index (χ3n) is 4.80. The molecule has 1 aromatic carbocycles. The quantitative estimate of drug-likeness (QED) is 0.650. The number of carbonyl (C=O) groups is 2. The molecular weight excluding hydrogens is 407 g/mol. The number of carbonyl (C=O) groups excluding carboxylic acids is 2. The fraction of sp³-hybridized carbons (Fsp3) is 0.238. The van der Waals surface area contributed by atoms with Gasteiger partial charge in [0.1, 0.15) is 0 Å². The van der Waals surface area contributed by atoms with Gasteiger partial charge in [0.05, 0.1) is 17.3 Å². The van der Waals surface area contributed by atoms with E-state index in [2.05, 4.69) is 15.3 Å². The average molecular weight is 426 g/mol. The maximum Gasteiger partial charge on any atom is 0.261 e. The first kappa shape index (κ1) is 20.0. The van der Waals surface area contributed by atoms with Crippen molar-refractivity contribution in [2.45, 2.75) is 18.9 Å². The Morgan fingerprint density at radius 2 is 2.10 bits per heavy atom. The zero-order valence-corrected chi connectivity index (χ0v) is 16.8. The van der Waals surface area contributed by atoms with Crippen LogP contribution in [0.4, 0.5) is 9.52 Å². The molecule has 7 nitrogen and oxygen atoms in total. The molecular formula is C21H19FN4O3S. The molecule has 4 rings (SSSR count). The van der Waals surface area contributed by atoms with Crippen molar-refractivity contribution in [3.8, 4) is 5.75 Å². The van der Waals surface area contributed by atoms with Gasteiger partial charge in [-0.3, -0.25) is 19.9 Å². The lowest BCUT2D eigenvalue weighted by molar-refractivity contribution is -0.134. The fourth-order valence-corrected chi connectivity index (χ4v) is 3.87. The first-order valence-electron chi connectivity index (χ1n) is 9.45. The number of ether oxygens (including phenoxy) is 1. The van der Waals surface area contributed by atoms with Crippen LogP contribution in [0, 0.1) is 5.82 Å².